The van der Waals surface area contributed by atoms with E-state index in [-0.39, 0.29) is 11.9 Å². The zero-order valence-corrected chi connectivity index (χ0v) is 16.4. The molecule has 9 heteroatoms. The minimum absolute atomic E-state index is 0.112. The number of hydrogen-bond acceptors (Lipinski definition) is 6. The van der Waals surface area contributed by atoms with Gasteiger partial charge in [0, 0.05) is 44.5 Å². The fraction of sp³-hybridized carbons (Fsp3) is 0.400. The summed E-state index contributed by atoms with van der Waals surface area (Å²) in [5, 5.41) is 2.76. The van der Waals surface area contributed by atoms with E-state index in [0.29, 0.717) is 44.4 Å². The van der Waals surface area contributed by atoms with Gasteiger partial charge in [0.2, 0.25) is 11.8 Å². The molecule has 0 bridgehead atoms. The van der Waals surface area contributed by atoms with Gasteiger partial charge in [0.15, 0.2) is 0 Å². The predicted octanol–water partition coefficient (Wildman–Crippen LogP) is 1.22. The molecule has 152 valence electrons. The number of nitrogens with one attached hydrogen (secondary N) is 1. The van der Waals surface area contributed by atoms with Gasteiger partial charge in [-0.25, -0.2) is 14.8 Å². The fourth-order valence-electron chi connectivity index (χ4n) is 3.69. The molecule has 1 aromatic heterocycles. The number of fused-ring (bicyclic) bond motifs is 1. The molecule has 1 saturated heterocycles. The van der Waals surface area contributed by atoms with E-state index in [0.717, 1.165) is 18.7 Å². The van der Waals surface area contributed by atoms with Crippen molar-refractivity contribution in [3.05, 3.63) is 42.2 Å². The second-order valence-corrected chi connectivity index (χ2v) is 7.06. The van der Waals surface area contributed by atoms with Crippen molar-refractivity contribution in [1.82, 2.24) is 19.8 Å². The van der Waals surface area contributed by atoms with Crippen molar-refractivity contribution in [3.63, 3.8) is 0 Å². The highest BCUT2D eigenvalue weighted by molar-refractivity contribution is 5.96. The molecule has 1 N–H and O–H groups in total. The molecule has 4 rings (SSSR count). The number of amides is 3. The minimum atomic E-state index is -0.217. The van der Waals surface area contributed by atoms with Gasteiger partial charge in [-0.2, -0.15) is 0 Å². The van der Waals surface area contributed by atoms with Crippen LogP contribution < -0.4 is 15.0 Å². The third-order valence-corrected chi connectivity index (χ3v) is 5.29. The van der Waals surface area contributed by atoms with Gasteiger partial charge in [0.1, 0.15) is 12.1 Å². The maximum absolute atomic E-state index is 12.8. The molecule has 29 heavy (non-hydrogen) atoms. The molecule has 3 heterocycles. The summed E-state index contributed by atoms with van der Waals surface area (Å²) >= 11 is 0. The molecule has 3 amide bonds. The Bertz CT molecular complexity index is 897. The van der Waals surface area contributed by atoms with Crippen LogP contribution in [0.3, 0.4) is 0 Å². The quantitative estimate of drug-likeness (QED) is 0.836. The Labute approximate surface area is 169 Å². The number of nitrogens with zero attached hydrogens (tertiary/aromatic N) is 5. The van der Waals surface area contributed by atoms with Gasteiger partial charge in [-0.1, -0.05) is 18.2 Å². The molecule has 0 radical (unpaired) electrons. The maximum atomic E-state index is 12.8. The molecule has 1 aromatic carbocycles. The summed E-state index contributed by atoms with van der Waals surface area (Å²) in [5.74, 6) is 0.898. The number of carbonyl (C=O) groups excluding carboxylic acids is 2. The number of hydrogen-bond donors (Lipinski definition) is 1. The van der Waals surface area contributed by atoms with Crippen LogP contribution in [-0.4, -0.2) is 78.1 Å². The number of anilines is 2. The minimum Gasteiger partial charge on any atom is -0.481 e. The topological polar surface area (TPSA) is 90.9 Å². The lowest BCUT2D eigenvalue weighted by Gasteiger charge is -2.34. The zero-order valence-electron chi connectivity index (χ0n) is 16.4. The van der Waals surface area contributed by atoms with E-state index in [1.54, 1.807) is 11.0 Å². The van der Waals surface area contributed by atoms with Gasteiger partial charge in [0.05, 0.1) is 13.7 Å². The normalized spacial score (nSPS) is 16.4. The van der Waals surface area contributed by atoms with Crippen LogP contribution in [0.5, 0.6) is 5.88 Å². The van der Waals surface area contributed by atoms with Gasteiger partial charge in [-0.05, 0) is 18.1 Å². The van der Waals surface area contributed by atoms with E-state index in [1.807, 2.05) is 23.1 Å². The van der Waals surface area contributed by atoms with Crippen molar-refractivity contribution < 1.29 is 14.3 Å². The van der Waals surface area contributed by atoms with Crippen LogP contribution in [0.15, 0.2) is 36.7 Å². The number of urea groups is 1. The van der Waals surface area contributed by atoms with Crippen LogP contribution in [0.1, 0.15) is 5.56 Å². The Morgan fingerprint density at radius 3 is 2.69 bits per heavy atom. The van der Waals surface area contributed by atoms with Crippen LogP contribution in [0, 0.1) is 0 Å². The second kappa shape index (κ2) is 8.44. The van der Waals surface area contributed by atoms with Gasteiger partial charge in [-0.15, -0.1) is 0 Å². The molecule has 1 fully saturated rings. The Morgan fingerprint density at radius 1 is 1.10 bits per heavy atom. The number of methoxy groups -OCH3 is 1. The highest BCUT2D eigenvalue weighted by Gasteiger charge is 2.28. The van der Waals surface area contributed by atoms with Crippen LogP contribution in [-0.2, 0) is 11.2 Å². The summed E-state index contributed by atoms with van der Waals surface area (Å²) < 4.78 is 5.04. The number of rotatable bonds is 4. The Balaban J connectivity index is 1.27. The Hall–Kier alpha value is -3.20. The second-order valence-electron chi connectivity index (χ2n) is 7.06. The van der Waals surface area contributed by atoms with E-state index >= 15 is 0 Å². The number of para-hydroxylation sites is 1. The van der Waals surface area contributed by atoms with Crippen LogP contribution in [0.2, 0.25) is 0 Å². The monoisotopic (exact) mass is 396 g/mol. The first-order valence-corrected chi connectivity index (χ1v) is 9.66. The van der Waals surface area contributed by atoms with E-state index in [2.05, 4.69) is 26.3 Å². The Morgan fingerprint density at radius 2 is 1.90 bits per heavy atom. The number of aromatic nitrogens is 2. The average molecular weight is 396 g/mol. The van der Waals surface area contributed by atoms with Gasteiger partial charge in [-0.3, -0.25) is 15.0 Å². The van der Waals surface area contributed by atoms with E-state index < -0.39 is 0 Å². The molecule has 9 nitrogen and oxygen atoms in total. The SMILES string of the molecule is COc1cc(NC(=O)N2CCN(CC(=O)N3CCc4ccccc43)CC2)ncn1. The molecular weight excluding hydrogens is 372 g/mol. The lowest BCUT2D eigenvalue weighted by Crippen LogP contribution is -2.52. The Kier molecular flexibility index (Phi) is 5.57. The molecule has 0 spiro atoms. The van der Waals surface area contributed by atoms with Crippen LogP contribution in [0.25, 0.3) is 0 Å². The summed E-state index contributed by atoms with van der Waals surface area (Å²) in [6, 6.07) is 9.41. The van der Waals surface area contributed by atoms with Crippen molar-refractivity contribution in [1.29, 1.82) is 0 Å². The number of benzene rings is 1. The van der Waals surface area contributed by atoms with Crippen molar-refractivity contribution in [2.24, 2.45) is 0 Å². The van der Waals surface area contributed by atoms with Crippen molar-refractivity contribution in [3.8, 4) is 5.88 Å². The maximum Gasteiger partial charge on any atom is 0.323 e. The highest BCUT2D eigenvalue weighted by atomic mass is 16.5. The molecule has 2 aliphatic rings. The smallest absolute Gasteiger partial charge is 0.323 e. The van der Waals surface area contributed by atoms with Crippen LogP contribution in [0.4, 0.5) is 16.3 Å². The zero-order chi connectivity index (χ0) is 20.2. The first-order chi connectivity index (χ1) is 14.1. The summed E-state index contributed by atoms with van der Waals surface area (Å²) in [6.07, 6.45) is 2.25. The molecular formula is C20H24N6O3. The number of piperazine rings is 1. The predicted molar refractivity (Wildman–Crippen MR) is 108 cm³/mol. The standard InChI is InChI=1S/C20H24N6O3/c1-29-18-12-17(21-14-22-18)23-20(28)25-10-8-24(9-11-25)13-19(27)26-7-6-15-4-2-3-5-16(15)26/h2-5,12,14H,6-11,13H2,1H3,(H,21,22,23,28). The first kappa shape index (κ1) is 19.1. The van der Waals surface area contributed by atoms with Gasteiger partial charge < -0.3 is 14.5 Å². The summed E-state index contributed by atoms with van der Waals surface area (Å²) in [5.41, 5.74) is 2.25. The summed E-state index contributed by atoms with van der Waals surface area (Å²) in [7, 11) is 1.51. The molecule has 0 aliphatic carbocycles. The van der Waals surface area contributed by atoms with Crippen LogP contribution >= 0.6 is 0 Å². The number of carbonyl (C=O) groups is 2. The molecule has 2 aliphatic heterocycles. The third kappa shape index (κ3) is 4.29. The van der Waals surface area contributed by atoms with Crippen molar-refractivity contribution in [2.75, 3.05) is 56.6 Å². The summed E-state index contributed by atoms with van der Waals surface area (Å²) in [6.45, 7) is 3.52. The molecule has 0 saturated carbocycles. The fourth-order valence-corrected chi connectivity index (χ4v) is 3.69. The largest absolute Gasteiger partial charge is 0.481 e. The molecule has 0 unspecified atom stereocenters. The summed E-state index contributed by atoms with van der Waals surface area (Å²) in [4.78, 5) is 38.9. The third-order valence-electron chi connectivity index (χ3n) is 5.29. The van der Waals surface area contributed by atoms with E-state index in [1.165, 1.54) is 19.0 Å². The average Bonchev–Trinajstić information content (AvgIpc) is 3.19. The van der Waals surface area contributed by atoms with Gasteiger partial charge in [0.25, 0.3) is 0 Å². The molecule has 2 aromatic rings. The van der Waals surface area contributed by atoms with Crippen molar-refractivity contribution >= 4 is 23.4 Å². The first-order valence-electron chi connectivity index (χ1n) is 9.66. The van der Waals surface area contributed by atoms with Crippen molar-refractivity contribution in [2.45, 2.75) is 6.42 Å². The molecule has 0 atom stereocenters. The van der Waals surface area contributed by atoms with Gasteiger partial charge >= 0.3 is 6.03 Å². The highest BCUT2D eigenvalue weighted by Crippen LogP contribution is 2.27. The van der Waals surface area contributed by atoms with E-state index in [4.69, 9.17) is 4.74 Å². The lowest BCUT2D eigenvalue weighted by molar-refractivity contribution is -0.119. The number of ether oxygens (including phenoxy) is 1. The lowest BCUT2D eigenvalue weighted by atomic mass is 10.2. The van der Waals surface area contributed by atoms with E-state index in [9.17, 15) is 9.59 Å².